The number of allylic oxidation sites excluding steroid dienone is 1. The van der Waals surface area contributed by atoms with Gasteiger partial charge in [-0.1, -0.05) is 18.2 Å². The summed E-state index contributed by atoms with van der Waals surface area (Å²) in [6.07, 6.45) is 0. The molecule has 1 aromatic heterocycles. The van der Waals surface area contributed by atoms with Gasteiger partial charge in [0.25, 0.3) is 0 Å². The minimum atomic E-state index is -3.09. The second kappa shape index (κ2) is 3.61. The van der Waals surface area contributed by atoms with Gasteiger partial charge in [0, 0.05) is 13.0 Å². The average Bonchev–Trinajstić information content (AvgIpc) is 2.01. The monoisotopic (exact) mass is 218 g/mol. The Morgan fingerprint density at radius 3 is 2.50 bits per heavy atom. The van der Waals surface area contributed by atoms with Crippen molar-refractivity contribution < 1.29 is 8.78 Å². The van der Waals surface area contributed by atoms with E-state index in [-0.39, 0.29) is 5.15 Å². The zero-order chi connectivity index (χ0) is 10.9. The molecule has 76 valence electrons. The Hall–Kier alpha value is -1.03. The van der Waals surface area contributed by atoms with E-state index in [1.807, 2.05) is 0 Å². The second-order valence-corrected chi connectivity index (χ2v) is 3.46. The van der Waals surface area contributed by atoms with Gasteiger partial charge in [-0.15, -0.1) is 0 Å². The van der Waals surface area contributed by atoms with Gasteiger partial charge in [-0.2, -0.15) is 8.78 Å². The van der Waals surface area contributed by atoms with Crippen molar-refractivity contribution >= 4 is 17.2 Å². The Kier molecular flexibility index (Phi) is 2.85. The molecule has 0 aliphatic carbocycles. The number of hydrogen-bond acceptors (Lipinski definition) is 2. The molecule has 0 aromatic carbocycles. The fourth-order valence-corrected chi connectivity index (χ4v) is 1.02. The van der Waals surface area contributed by atoms with Crippen LogP contribution in [0.1, 0.15) is 25.4 Å². The fraction of sp³-hybridized carbons (Fsp3) is 0.333. The molecule has 1 aromatic rings. The van der Waals surface area contributed by atoms with Crippen molar-refractivity contribution in [1.29, 1.82) is 0 Å². The number of rotatable bonds is 2. The van der Waals surface area contributed by atoms with E-state index in [4.69, 9.17) is 11.6 Å². The summed E-state index contributed by atoms with van der Waals surface area (Å²) in [4.78, 5) is 7.11. The summed E-state index contributed by atoms with van der Waals surface area (Å²) in [5.74, 6) is -3.67. The van der Waals surface area contributed by atoms with E-state index >= 15 is 0 Å². The highest BCUT2D eigenvalue weighted by atomic mass is 35.5. The Bertz CT molecular complexity index is 372. The van der Waals surface area contributed by atoms with Crippen LogP contribution in [0.4, 0.5) is 8.78 Å². The van der Waals surface area contributed by atoms with Crippen LogP contribution in [-0.2, 0) is 5.92 Å². The van der Waals surface area contributed by atoms with Gasteiger partial charge in [0.2, 0.25) is 5.82 Å². The molecule has 0 radical (unpaired) electrons. The highest BCUT2D eigenvalue weighted by molar-refractivity contribution is 6.29. The topological polar surface area (TPSA) is 25.8 Å². The lowest BCUT2D eigenvalue weighted by atomic mass is 10.2. The van der Waals surface area contributed by atoms with E-state index in [9.17, 15) is 8.78 Å². The first kappa shape index (κ1) is 11.0. The van der Waals surface area contributed by atoms with Crippen molar-refractivity contribution in [2.75, 3.05) is 0 Å². The Balaban J connectivity index is 3.28. The summed E-state index contributed by atoms with van der Waals surface area (Å²) in [7, 11) is 0. The summed E-state index contributed by atoms with van der Waals surface area (Å²) in [6.45, 7) is 5.98. The van der Waals surface area contributed by atoms with Crippen molar-refractivity contribution in [3.63, 3.8) is 0 Å². The maximum absolute atomic E-state index is 12.9. The van der Waals surface area contributed by atoms with E-state index in [1.165, 1.54) is 6.07 Å². The lowest BCUT2D eigenvalue weighted by Gasteiger charge is -2.10. The smallest absolute Gasteiger partial charge is 0.227 e. The minimum absolute atomic E-state index is 0.00507. The fourth-order valence-electron chi connectivity index (χ4n) is 0.833. The van der Waals surface area contributed by atoms with E-state index in [2.05, 4.69) is 16.5 Å². The minimum Gasteiger partial charge on any atom is -0.227 e. The number of nitrogens with zero attached hydrogens (tertiary/aromatic N) is 2. The molecule has 2 nitrogen and oxygen atoms in total. The first-order chi connectivity index (χ1) is 6.30. The molecule has 0 saturated carbocycles. The van der Waals surface area contributed by atoms with Crippen LogP contribution in [0, 0.1) is 0 Å². The third-order valence-electron chi connectivity index (χ3n) is 1.52. The van der Waals surface area contributed by atoms with Crippen molar-refractivity contribution in [2.24, 2.45) is 0 Å². The molecule has 5 heteroatoms. The van der Waals surface area contributed by atoms with Gasteiger partial charge in [-0.25, -0.2) is 9.97 Å². The molecule has 0 aliphatic heterocycles. The molecule has 0 amide bonds. The van der Waals surface area contributed by atoms with Gasteiger partial charge in [-0.05, 0) is 12.5 Å². The average molecular weight is 219 g/mol. The van der Waals surface area contributed by atoms with Gasteiger partial charge in [0.15, 0.2) is 0 Å². The number of halogens is 3. The summed E-state index contributed by atoms with van der Waals surface area (Å²) in [5, 5.41) is -0.00507. The number of alkyl halides is 2. The molecule has 1 rings (SSSR count). The van der Waals surface area contributed by atoms with Crippen LogP contribution in [0.15, 0.2) is 12.6 Å². The van der Waals surface area contributed by atoms with E-state index in [0.717, 1.165) is 6.92 Å². The third kappa shape index (κ3) is 2.48. The normalized spacial score (nSPS) is 11.5. The maximum Gasteiger partial charge on any atom is 0.303 e. The van der Waals surface area contributed by atoms with Crippen molar-refractivity contribution in [1.82, 2.24) is 9.97 Å². The van der Waals surface area contributed by atoms with Crippen molar-refractivity contribution in [3.05, 3.63) is 29.3 Å². The molecular weight excluding hydrogens is 210 g/mol. The van der Waals surface area contributed by atoms with Crippen LogP contribution in [0.5, 0.6) is 0 Å². The molecule has 14 heavy (non-hydrogen) atoms. The Labute approximate surface area is 85.6 Å². The molecule has 0 atom stereocenters. The van der Waals surface area contributed by atoms with Crippen molar-refractivity contribution in [2.45, 2.75) is 19.8 Å². The molecular formula is C9H9ClF2N2. The maximum atomic E-state index is 12.9. The van der Waals surface area contributed by atoms with Crippen LogP contribution >= 0.6 is 11.6 Å². The predicted octanol–water partition coefficient (Wildman–Crippen LogP) is 3.27. The van der Waals surface area contributed by atoms with E-state index in [1.54, 1.807) is 6.92 Å². The Morgan fingerprint density at radius 1 is 1.50 bits per heavy atom. The number of aromatic nitrogens is 2. The van der Waals surface area contributed by atoms with Crippen LogP contribution in [0.3, 0.4) is 0 Å². The first-order valence-electron chi connectivity index (χ1n) is 3.89. The SMILES string of the molecule is C=C(C)c1cc(Cl)nc(C(C)(F)F)n1. The molecule has 0 fully saturated rings. The molecule has 0 N–H and O–H groups in total. The van der Waals surface area contributed by atoms with Crippen LogP contribution in [0.25, 0.3) is 5.57 Å². The van der Waals surface area contributed by atoms with Gasteiger partial charge >= 0.3 is 5.92 Å². The molecule has 0 unspecified atom stereocenters. The Morgan fingerprint density at radius 2 is 2.07 bits per heavy atom. The van der Waals surface area contributed by atoms with E-state index in [0.29, 0.717) is 11.3 Å². The standard InChI is InChI=1S/C9H9ClF2N2/c1-5(2)6-4-7(10)14-8(13-6)9(3,11)12/h4H,1H2,2-3H3. The summed E-state index contributed by atoms with van der Waals surface area (Å²) < 4.78 is 25.7. The molecule has 0 spiro atoms. The van der Waals surface area contributed by atoms with Crippen LogP contribution in [0.2, 0.25) is 5.15 Å². The third-order valence-corrected chi connectivity index (χ3v) is 1.72. The molecule has 0 saturated heterocycles. The quantitative estimate of drug-likeness (QED) is 0.712. The van der Waals surface area contributed by atoms with Crippen LogP contribution < -0.4 is 0 Å². The largest absolute Gasteiger partial charge is 0.303 e. The van der Waals surface area contributed by atoms with Gasteiger partial charge in [-0.3, -0.25) is 0 Å². The second-order valence-electron chi connectivity index (χ2n) is 3.07. The summed E-state index contributed by atoms with van der Waals surface area (Å²) >= 11 is 5.57. The summed E-state index contributed by atoms with van der Waals surface area (Å²) in [6, 6.07) is 1.40. The van der Waals surface area contributed by atoms with Crippen molar-refractivity contribution in [3.8, 4) is 0 Å². The lowest BCUT2D eigenvalue weighted by molar-refractivity contribution is 0.00762. The van der Waals surface area contributed by atoms with E-state index < -0.39 is 11.7 Å². The van der Waals surface area contributed by atoms with Gasteiger partial charge in [0.1, 0.15) is 5.15 Å². The highest BCUT2D eigenvalue weighted by Gasteiger charge is 2.29. The zero-order valence-electron chi connectivity index (χ0n) is 7.81. The molecule has 0 bridgehead atoms. The van der Waals surface area contributed by atoms with Crippen LogP contribution in [-0.4, -0.2) is 9.97 Å². The van der Waals surface area contributed by atoms with Gasteiger partial charge in [0.05, 0.1) is 5.69 Å². The molecule has 0 aliphatic rings. The zero-order valence-corrected chi connectivity index (χ0v) is 8.57. The highest BCUT2D eigenvalue weighted by Crippen LogP contribution is 2.26. The van der Waals surface area contributed by atoms with Gasteiger partial charge < -0.3 is 0 Å². The molecule has 1 heterocycles. The first-order valence-corrected chi connectivity index (χ1v) is 4.27. The lowest BCUT2D eigenvalue weighted by Crippen LogP contribution is -2.13. The number of hydrogen-bond donors (Lipinski definition) is 0. The predicted molar refractivity (Wildman–Crippen MR) is 51.3 cm³/mol. The summed E-state index contributed by atoms with van der Waals surface area (Å²) in [5.41, 5.74) is 0.904.